The van der Waals surface area contributed by atoms with Crippen LogP contribution in [0.4, 0.5) is 5.95 Å². The summed E-state index contributed by atoms with van der Waals surface area (Å²) in [4.78, 5) is 13.0. The number of pyridine rings is 1. The Morgan fingerprint density at radius 3 is 2.78 bits per heavy atom. The summed E-state index contributed by atoms with van der Waals surface area (Å²) in [5.41, 5.74) is 10.3. The Hall–Kier alpha value is -2.82. The Morgan fingerprint density at radius 1 is 1.28 bits per heavy atom. The highest BCUT2D eigenvalue weighted by Gasteiger charge is 2.17. The van der Waals surface area contributed by atoms with Gasteiger partial charge in [-0.2, -0.15) is 4.98 Å². The molecule has 3 aromatic heterocycles. The summed E-state index contributed by atoms with van der Waals surface area (Å²) in [6, 6.07) is 0. The summed E-state index contributed by atoms with van der Waals surface area (Å²) in [5, 5.41) is 4.46. The molecule has 0 aromatic carbocycles. The molecule has 3 heterocycles. The lowest BCUT2D eigenvalue weighted by molar-refractivity contribution is 0.405. The van der Waals surface area contributed by atoms with Crippen LogP contribution in [0.1, 0.15) is 49.1 Å². The molecule has 0 aliphatic heterocycles. The van der Waals surface area contributed by atoms with E-state index in [4.69, 9.17) is 22.1 Å². The van der Waals surface area contributed by atoms with E-state index in [0.717, 1.165) is 59.5 Å². The number of hydrogen-bond donors (Lipinski definition) is 2. The molecule has 0 saturated carbocycles. The standard InChI is InChI=1S/C24H31ClN6O/c1-15(2)11-27-10-8-6-7-9-18-13-31(23-20(18)22(25)29-24(26)30-23)14-19-12-28-17(4)21(32-5)16(19)3/h12-13,15,27H,6,8,10-11,14H2,1-5H3,(H2,26,29,30). The first kappa shape index (κ1) is 23.8. The summed E-state index contributed by atoms with van der Waals surface area (Å²) < 4.78 is 7.52. The molecule has 0 aliphatic rings. The maximum atomic E-state index is 6.44. The highest BCUT2D eigenvalue weighted by atomic mass is 35.5. The van der Waals surface area contributed by atoms with Crippen molar-refractivity contribution in [2.24, 2.45) is 5.92 Å². The molecule has 0 bridgehead atoms. The average molecular weight is 455 g/mol. The third kappa shape index (κ3) is 5.50. The third-order valence-corrected chi connectivity index (χ3v) is 5.50. The predicted molar refractivity (Wildman–Crippen MR) is 130 cm³/mol. The van der Waals surface area contributed by atoms with Crippen molar-refractivity contribution in [3.05, 3.63) is 39.9 Å². The van der Waals surface area contributed by atoms with Crippen LogP contribution in [0.5, 0.6) is 5.75 Å². The topological polar surface area (TPSA) is 90.9 Å². The number of aromatic nitrogens is 4. The Morgan fingerprint density at radius 2 is 2.06 bits per heavy atom. The van der Waals surface area contributed by atoms with Gasteiger partial charge in [0.15, 0.2) is 0 Å². The van der Waals surface area contributed by atoms with Crippen molar-refractivity contribution >= 4 is 28.6 Å². The third-order valence-electron chi connectivity index (χ3n) is 5.23. The smallest absolute Gasteiger partial charge is 0.223 e. The van der Waals surface area contributed by atoms with Gasteiger partial charge in [0.05, 0.1) is 30.3 Å². The van der Waals surface area contributed by atoms with Gasteiger partial charge in [0.1, 0.15) is 16.5 Å². The van der Waals surface area contributed by atoms with E-state index < -0.39 is 0 Å². The zero-order valence-corrected chi connectivity index (χ0v) is 20.2. The summed E-state index contributed by atoms with van der Waals surface area (Å²) in [6.45, 7) is 10.9. The van der Waals surface area contributed by atoms with Crippen molar-refractivity contribution < 1.29 is 4.74 Å². The minimum atomic E-state index is 0.133. The maximum Gasteiger partial charge on any atom is 0.223 e. The maximum absolute atomic E-state index is 6.44. The van der Waals surface area contributed by atoms with Crippen LogP contribution >= 0.6 is 11.6 Å². The van der Waals surface area contributed by atoms with E-state index in [-0.39, 0.29) is 5.95 Å². The van der Waals surface area contributed by atoms with Crippen molar-refractivity contribution in [2.45, 2.75) is 47.1 Å². The summed E-state index contributed by atoms with van der Waals surface area (Å²) >= 11 is 6.44. The number of nitrogen functional groups attached to an aromatic ring is 1. The van der Waals surface area contributed by atoms with Crippen molar-refractivity contribution in [1.82, 2.24) is 24.8 Å². The highest BCUT2D eigenvalue weighted by molar-refractivity contribution is 6.34. The number of rotatable bonds is 8. The molecule has 0 unspecified atom stereocenters. The van der Waals surface area contributed by atoms with Crippen molar-refractivity contribution in [2.75, 3.05) is 25.9 Å². The van der Waals surface area contributed by atoms with E-state index in [1.165, 1.54) is 0 Å². The summed E-state index contributed by atoms with van der Waals surface area (Å²) in [7, 11) is 1.66. The van der Waals surface area contributed by atoms with Crippen LogP contribution in [0.2, 0.25) is 5.15 Å². The van der Waals surface area contributed by atoms with Crippen LogP contribution in [-0.2, 0) is 6.54 Å². The lowest BCUT2D eigenvalue weighted by Crippen LogP contribution is -2.20. The lowest BCUT2D eigenvalue weighted by Gasteiger charge is -2.13. The van der Waals surface area contributed by atoms with Crippen LogP contribution in [0.15, 0.2) is 12.4 Å². The van der Waals surface area contributed by atoms with E-state index >= 15 is 0 Å². The zero-order chi connectivity index (χ0) is 23.3. The fourth-order valence-electron chi connectivity index (χ4n) is 3.62. The average Bonchev–Trinajstić information content (AvgIpc) is 3.07. The van der Waals surface area contributed by atoms with Crippen LogP contribution < -0.4 is 15.8 Å². The molecule has 0 radical (unpaired) electrons. The molecule has 0 amide bonds. The summed E-state index contributed by atoms with van der Waals surface area (Å²) in [6.07, 6.45) is 5.61. The molecule has 0 fully saturated rings. The fraction of sp³-hybridized carbons (Fsp3) is 0.458. The molecule has 32 heavy (non-hydrogen) atoms. The van der Waals surface area contributed by atoms with E-state index in [9.17, 15) is 0 Å². The molecule has 0 spiro atoms. The van der Waals surface area contributed by atoms with Crippen molar-refractivity contribution in [1.29, 1.82) is 0 Å². The zero-order valence-electron chi connectivity index (χ0n) is 19.4. The van der Waals surface area contributed by atoms with Gasteiger partial charge in [-0.25, -0.2) is 4.98 Å². The first-order chi connectivity index (χ1) is 15.3. The molecule has 3 N–H and O–H groups in total. The van der Waals surface area contributed by atoms with Crippen LogP contribution in [0, 0.1) is 31.6 Å². The Balaban J connectivity index is 1.88. The van der Waals surface area contributed by atoms with Gasteiger partial charge < -0.3 is 20.4 Å². The summed E-state index contributed by atoms with van der Waals surface area (Å²) in [5.74, 6) is 8.08. The number of methoxy groups -OCH3 is 1. The number of nitrogens with two attached hydrogens (primary N) is 1. The Bertz CT molecular complexity index is 1160. The molecule has 0 atom stereocenters. The minimum absolute atomic E-state index is 0.133. The number of hydrogen-bond acceptors (Lipinski definition) is 6. The normalized spacial score (nSPS) is 11.1. The van der Waals surface area contributed by atoms with Gasteiger partial charge >= 0.3 is 0 Å². The van der Waals surface area contributed by atoms with E-state index in [2.05, 4.69) is 46.0 Å². The second-order valence-corrected chi connectivity index (χ2v) is 8.63. The van der Waals surface area contributed by atoms with Gasteiger partial charge in [-0.3, -0.25) is 4.98 Å². The SMILES string of the molecule is COc1c(C)ncc(Cn2cc(C#CCCCNCC(C)C)c3c(Cl)nc(N)nc32)c1C. The molecule has 7 nitrogen and oxygen atoms in total. The molecule has 170 valence electrons. The number of halogens is 1. The van der Waals surface area contributed by atoms with Gasteiger partial charge in [0.2, 0.25) is 5.95 Å². The van der Waals surface area contributed by atoms with Gasteiger partial charge in [0.25, 0.3) is 0 Å². The second kappa shape index (κ2) is 10.7. The number of unbranched alkanes of at least 4 members (excludes halogenated alkanes) is 1. The number of anilines is 1. The predicted octanol–water partition coefficient (Wildman–Crippen LogP) is 4.11. The highest BCUT2D eigenvalue weighted by Crippen LogP contribution is 2.29. The first-order valence-corrected chi connectivity index (χ1v) is 11.2. The van der Waals surface area contributed by atoms with E-state index in [1.807, 2.05) is 30.8 Å². The minimum Gasteiger partial charge on any atom is -0.495 e. The molecule has 8 heteroatoms. The lowest BCUT2D eigenvalue weighted by atomic mass is 10.1. The van der Waals surface area contributed by atoms with Gasteiger partial charge in [-0.15, -0.1) is 0 Å². The molecule has 3 aromatic rings. The Labute approximate surface area is 194 Å². The molecule has 0 aliphatic carbocycles. The van der Waals surface area contributed by atoms with Crippen LogP contribution in [-0.4, -0.2) is 39.7 Å². The second-order valence-electron chi connectivity index (χ2n) is 8.27. The quantitative estimate of drug-likeness (QED) is 0.302. The number of nitrogens with one attached hydrogen (secondary N) is 1. The number of aryl methyl sites for hydroxylation is 1. The van der Waals surface area contributed by atoms with E-state index in [0.29, 0.717) is 23.3 Å². The first-order valence-electron chi connectivity index (χ1n) is 10.8. The van der Waals surface area contributed by atoms with Gasteiger partial charge in [-0.1, -0.05) is 37.3 Å². The molecular formula is C24H31ClN6O. The van der Waals surface area contributed by atoms with Crippen molar-refractivity contribution in [3.63, 3.8) is 0 Å². The molecule has 3 rings (SSSR count). The van der Waals surface area contributed by atoms with Crippen LogP contribution in [0.3, 0.4) is 0 Å². The number of nitrogens with zero attached hydrogens (tertiary/aromatic N) is 4. The monoisotopic (exact) mass is 454 g/mol. The van der Waals surface area contributed by atoms with Gasteiger partial charge in [0, 0.05) is 18.8 Å². The van der Waals surface area contributed by atoms with Crippen LogP contribution in [0.25, 0.3) is 11.0 Å². The fourth-order valence-corrected chi connectivity index (χ4v) is 3.89. The van der Waals surface area contributed by atoms with Crippen molar-refractivity contribution in [3.8, 4) is 17.6 Å². The Kier molecular flexibility index (Phi) is 7.94. The number of fused-ring (bicyclic) bond motifs is 1. The van der Waals surface area contributed by atoms with E-state index in [1.54, 1.807) is 7.11 Å². The molecular weight excluding hydrogens is 424 g/mol. The largest absolute Gasteiger partial charge is 0.495 e. The van der Waals surface area contributed by atoms with Gasteiger partial charge in [-0.05, 0) is 50.4 Å². The molecule has 0 saturated heterocycles. The number of ether oxygens (including phenoxy) is 1.